The number of hydrogen-bond acceptors (Lipinski definition) is 2. The highest BCUT2D eigenvalue weighted by Gasteiger charge is 2.33. The molecule has 0 fully saturated rings. The van der Waals surface area contributed by atoms with E-state index in [1.807, 2.05) is 35.9 Å². The number of anilines is 1. The molecule has 0 atom stereocenters. The fourth-order valence-electron chi connectivity index (χ4n) is 3.50. The van der Waals surface area contributed by atoms with Crippen molar-refractivity contribution >= 4 is 35.3 Å². The molecule has 0 bridgehead atoms. The van der Waals surface area contributed by atoms with Gasteiger partial charge in [0.25, 0.3) is 5.82 Å². The van der Waals surface area contributed by atoms with Gasteiger partial charge in [-0.15, -0.1) is 0 Å². The van der Waals surface area contributed by atoms with Crippen LogP contribution >= 0.6 is 0 Å². The average Bonchev–Trinajstić information content (AvgIpc) is 2.93. The van der Waals surface area contributed by atoms with Crippen LogP contribution in [0, 0.1) is 6.85 Å². The van der Waals surface area contributed by atoms with Gasteiger partial charge in [-0.25, -0.2) is 4.57 Å². The molecule has 1 aliphatic heterocycles. The lowest BCUT2D eigenvalue weighted by Crippen LogP contribution is -2.50. The molecule has 0 N–H and O–H groups in total. The van der Waals surface area contributed by atoms with Crippen LogP contribution in [0.15, 0.2) is 47.0 Å². The molecule has 23 heavy (non-hydrogen) atoms. The van der Waals surface area contributed by atoms with E-state index in [9.17, 15) is 0 Å². The van der Waals surface area contributed by atoms with Gasteiger partial charge in [0.05, 0.1) is 24.2 Å². The number of para-hydroxylation sites is 1. The molecule has 4 rings (SSSR count). The number of furan rings is 1. The first-order chi connectivity index (χ1) is 12.3. The van der Waals surface area contributed by atoms with Crippen LogP contribution in [0.3, 0.4) is 0 Å². The summed E-state index contributed by atoms with van der Waals surface area (Å²) < 4.78 is 30.7. The summed E-state index contributed by atoms with van der Waals surface area (Å²) in [6.07, 6.45) is 1.69. The van der Waals surface area contributed by atoms with Crippen LogP contribution in [0.25, 0.3) is 22.6 Å². The topological polar surface area (TPSA) is 20.3 Å². The Balaban J connectivity index is 1.94. The van der Waals surface area contributed by atoms with Gasteiger partial charge in [0.1, 0.15) is 11.0 Å². The Labute approximate surface area is 140 Å². The monoisotopic (exact) mass is 306 g/mol. The molecule has 0 radical (unpaired) electrons. The Morgan fingerprint density at radius 3 is 2.83 bits per heavy atom. The summed E-state index contributed by atoms with van der Waals surface area (Å²) in [5.74, 6) is 3.05. The van der Waals surface area contributed by atoms with Gasteiger partial charge in [-0.3, -0.25) is 4.81 Å². The minimum atomic E-state index is -2.11. The maximum atomic E-state index is 7.61. The molecule has 0 spiro atoms. The zero-order valence-electron chi connectivity index (χ0n) is 16.5. The highest BCUT2D eigenvalue weighted by Crippen LogP contribution is 2.21. The predicted molar refractivity (Wildman–Crippen MR) is 95.5 cm³/mol. The van der Waals surface area contributed by atoms with Crippen LogP contribution in [0.1, 0.15) is 16.6 Å². The van der Waals surface area contributed by atoms with Crippen molar-refractivity contribution in [2.24, 2.45) is 7.05 Å². The summed E-state index contributed by atoms with van der Waals surface area (Å²) in [5.41, 5.74) is 3.21. The van der Waals surface area contributed by atoms with Gasteiger partial charge < -0.3 is 4.42 Å². The molecule has 1 aromatic carbocycles. The zero-order valence-corrected chi connectivity index (χ0v) is 13.5. The van der Waals surface area contributed by atoms with E-state index in [0.717, 1.165) is 33.1 Å². The third kappa shape index (κ3) is 2.09. The standard InChI is InChI=1S/C19H20BN2O/c1-13-9-10-18(21(4)12-13)22-14(2)19-15-7-5-6-8-16(15)23-17(19)11-20(22)3/h5-12H,1-4H3/q+1/i1D3. The van der Waals surface area contributed by atoms with E-state index in [1.54, 1.807) is 12.3 Å². The van der Waals surface area contributed by atoms with Crippen molar-refractivity contribution in [1.29, 1.82) is 0 Å². The van der Waals surface area contributed by atoms with Gasteiger partial charge in [0.15, 0.2) is 0 Å². The number of fused-ring (bicyclic) bond motifs is 3. The maximum absolute atomic E-state index is 7.61. The van der Waals surface area contributed by atoms with Crippen LogP contribution < -0.4 is 20.0 Å². The van der Waals surface area contributed by atoms with Crippen LogP contribution in [-0.4, -0.2) is 6.85 Å². The number of aryl methyl sites for hydroxylation is 2. The van der Waals surface area contributed by atoms with Crippen molar-refractivity contribution in [2.75, 3.05) is 4.81 Å². The lowest BCUT2D eigenvalue weighted by molar-refractivity contribution is -0.658. The normalized spacial score (nSPS) is 16.7. The summed E-state index contributed by atoms with van der Waals surface area (Å²) in [7, 11) is 1.88. The number of hydrogen-bond donors (Lipinski definition) is 0. The van der Waals surface area contributed by atoms with Gasteiger partial charge in [-0.1, -0.05) is 18.2 Å². The number of aromatic nitrogens is 1. The van der Waals surface area contributed by atoms with Crippen molar-refractivity contribution in [3.63, 3.8) is 0 Å². The fraction of sp³-hybridized carbons (Fsp3) is 0.211. The first-order valence-corrected chi connectivity index (χ1v) is 7.77. The highest BCUT2D eigenvalue weighted by atomic mass is 16.3. The molecular weight excluding hydrogens is 283 g/mol. The molecule has 0 aliphatic carbocycles. The second-order valence-corrected chi connectivity index (χ2v) is 6.09. The molecule has 1 aliphatic rings. The van der Waals surface area contributed by atoms with E-state index in [0.29, 0.717) is 5.56 Å². The largest absolute Gasteiger partial charge is 0.457 e. The molecular formula is C19H20BN2O+. The predicted octanol–water partition coefficient (Wildman–Crippen LogP) is 2.16. The zero-order chi connectivity index (χ0) is 18.6. The lowest BCUT2D eigenvalue weighted by atomic mass is 9.61. The summed E-state index contributed by atoms with van der Waals surface area (Å²) in [6.45, 7) is 2.18. The first-order valence-electron chi connectivity index (χ1n) is 9.27. The van der Waals surface area contributed by atoms with Gasteiger partial charge in [-0.2, -0.15) is 0 Å². The lowest BCUT2D eigenvalue weighted by Gasteiger charge is -2.23. The van der Waals surface area contributed by atoms with Crippen molar-refractivity contribution < 1.29 is 13.1 Å². The van der Waals surface area contributed by atoms with E-state index in [4.69, 9.17) is 8.53 Å². The van der Waals surface area contributed by atoms with Crippen molar-refractivity contribution in [1.82, 2.24) is 0 Å². The quantitative estimate of drug-likeness (QED) is 0.507. The number of pyridine rings is 1. The van der Waals surface area contributed by atoms with Crippen LogP contribution in [0.4, 0.5) is 5.82 Å². The molecule has 3 aromatic rings. The molecule has 2 aromatic heterocycles. The van der Waals surface area contributed by atoms with Crippen LogP contribution in [0.2, 0.25) is 6.82 Å². The first kappa shape index (κ1) is 11.1. The second kappa shape index (κ2) is 5.02. The molecule has 0 amide bonds. The Bertz CT molecular complexity index is 1130. The van der Waals surface area contributed by atoms with Gasteiger partial charge >= 0.3 is 6.85 Å². The minimum Gasteiger partial charge on any atom is -0.457 e. The minimum absolute atomic E-state index is 0.0906. The molecule has 0 unspecified atom stereocenters. The third-order valence-corrected chi connectivity index (χ3v) is 4.50. The van der Waals surface area contributed by atoms with E-state index in [-0.39, 0.29) is 6.85 Å². The van der Waals surface area contributed by atoms with E-state index >= 15 is 0 Å². The van der Waals surface area contributed by atoms with Crippen molar-refractivity contribution in [2.45, 2.75) is 20.6 Å². The van der Waals surface area contributed by atoms with E-state index < -0.39 is 6.85 Å². The Hall–Kier alpha value is -2.49. The van der Waals surface area contributed by atoms with Crippen molar-refractivity contribution in [3.05, 3.63) is 58.8 Å². The molecule has 4 heteroatoms. The molecule has 0 saturated carbocycles. The number of nitrogens with zero attached hydrogens (tertiary/aromatic N) is 2. The highest BCUT2D eigenvalue weighted by molar-refractivity contribution is 6.77. The summed E-state index contributed by atoms with van der Waals surface area (Å²) in [6, 6.07) is 11.6. The van der Waals surface area contributed by atoms with Crippen molar-refractivity contribution in [3.8, 4) is 0 Å². The van der Waals surface area contributed by atoms with Crippen LogP contribution in [-0.2, 0) is 7.05 Å². The van der Waals surface area contributed by atoms with Gasteiger partial charge in [-0.05, 0) is 44.3 Å². The molecule has 114 valence electrons. The molecule has 3 nitrogen and oxygen atoms in total. The summed E-state index contributed by atoms with van der Waals surface area (Å²) in [5, 5.41) is 2.19. The Kier molecular flexibility index (Phi) is 2.42. The number of benzene rings is 1. The fourth-order valence-corrected chi connectivity index (χ4v) is 3.50. The summed E-state index contributed by atoms with van der Waals surface area (Å²) >= 11 is 0. The molecule has 3 heterocycles. The molecule has 0 saturated heterocycles. The van der Waals surface area contributed by atoms with Gasteiger partial charge in [0.2, 0.25) is 0 Å². The second-order valence-electron chi connectivity index (χ2n) is 6.09. The third-order valence-electron chi connectivity index (χ3n) is 4.50. The Morgan fingerprint density at radius 1 is 1.22 bits per heavy atom. The smallest absolute Gasteiger partial charge is 0.405 e. The SMILES string of the molecule is [2H]C([2H])([2H])c1ccc(N2B(C)C=c3oc4ccccc4c3=C2C)[n+](C)c1. The Morgan fingerprint density at radius 2 is 2.04 bits per heavy atom. The average molecular weight is 306 g/mol. The summed E-state index contributed by atoms with van der Waals surface area (Å²) in [4.78, 5) is 2.22. The van der Waals surface area contributed by atoms with Gasteiger partial charge in [0, 0.05) is 15.6 Å². The van der Waals surface area contributed by atoms with E-state index in [1.165, 1.54) is 0 Å². The van der Waals surface area contributed by atoms with Crippen LogP contribution in [0.5, 0.6) is 0 Å². The van der Waals surface area contributed by atoms with E-state index in [2.05, 4.69) is 30.6 Å². The number of rotatable bonds is 1. The maximum Gasteiger partial charge on any atom is 0.405 e.